The number of aromatic nitrogens is 1. The fraction of sp³-hybridized carbons (Fsp3) is 0. The van der Waals surface area contributed by atoms with Crippen LogP contribution < -0.4 is 0 Å². The Balaban J connectivity index is 1.33. The Hall–Kier alpha value is -5.51. The highest BCUT2D eigenvalue weighted by molar-refractivity contribution is 7.22. The number of benzene rings is 7. The molecule has 0 spiro atoms. The molecule has 0 aliphatic rings. The normalized spacial score (nSPS) is 11.6. The van der Waals surface area contributed by atoms with Crippen LogP contribution in [0.15, 0.2) is 156 Å². The third-order valence-electron chi connectivity index (χ3n) is 8.48. The van der Waals surface area contributed by atoms with Crippen LogP contribution >= 0.6 is 11.3 Å². The van der Waals surface area contributed by atoms with Crippen LogP contribution in [0.3, 0.4) is 0 Å². The van der Waals surface area contributed by atoms with Gasteiger partial charge in [-0.1, -0.05) is 115 Å². The molecule has 0 radical (unpaired) electrons. The van der Waals surface area contributed by atoms with E-state index in [9.17, 15) is 0 Å². The molecule has 2 heterocycles. The lowest BCUT2D eigenvalue weighted by Crippen LogP contribution is -1.88. The largest absolute Gasteiger partial charge is 0.456 e. The smallest absolute Gasteiger partial charge is 0.136 e. The molecule has 0 unspecified atom stereocenters. The first-order chi connectivity index (χ1) is 21.8. The van der Waals surface area contributed by atoms with Gasteiger partial charge >= 0.3 is 0 Å². The van der Waals surface area contributed by atoms with E-state index >= 15 is 0 Å². The van der Waals surface area contributed by atoms with E-state index in [1.807, 2.05) is 12.1 Å². The third kappa shape index (κ3) is 4.05. The highest BCUT2D eigenvalue weighted by atomic mass is 32.1. The van der Waals surface area contributed by atoms with Gasteiger partial charge in [-0.25, -0.2) is 4.98 Å². The highest BCUT2D eigenvalue weighted by Crippen LogP contribution is 2.43. The molecule has 0 N–H and O–H groups in total. The zero-order valence-electron chi connectivity index (χ0n) is 23.7. The van der Waals surface area contributed by atoms with Crippen LogP contribution in [0.4, 0.5) is 0 Å². The monoisotopic (exact) mass is 579 g/mol. The van der Waals surface area contributed by atoms with Gasteiger partial charge in [0.1, 0.15) is 16.2 Å². The van der Waals surface area contributed by atoms with Crippen molar-refractivity contribution in [3.8, 4) is 44.0 Å². The second-order valence-corrected chi connectivity index (χ2v) is 12.1. The van der Waals surface area contributed by atoms with Gasteiger partial charge in [-0.05, 0) is 75.2 Å². The molecule has 9 rings (SSSR count). The summed E-state index contributed by atoms with van der Waals surface area (Å²) in [5.74, 6) is 0. The van der Waals surface area contributed by atoms with Gasteiger partial charge in [0.05, 0.1) is 10.2 Å². The molecule has 0 aliphatic heterocycles. The first-order valence-corrected chi connectivity index (χ1v) is 15.6. The van der Waals surface area contributed by atoms with E-state index in [0.717, 1.165) is 43.6 Å². The minimum absolute atomic E-state index is 0.903. The number of fused-ring (bicyclic) bond motifs is 6. The van der Waals surface area contributed by atoms with Crippen molar-refractivity contribution >= 4 is 54.3 Å². The van der Waals surface area contributed by atoms with Crippen molar-refractivity contribution in [2.75, 3.05) is 0 Å². The van der Waals surface area contributed by atoms with E-state index < -0.39 is 0 Å². The van der Waals surface area contributed by atoms with Crippen molar-refractivity contribution < 1.29 is 4.42 Å². The van der Waals surface area contributed by atoms with Crippen molar-refractivity contribution in [1.82, 2.24) is 4.98 Å². The van der Waals surface area contributed by atoms with Crippen molar-refractivity contribution in [1.29, 1.82) is 0 Å². The molecular formula is C41H25NOS. The van der Waals surface area contributed by atoms with Gasteiger partial charge in [0.25, 0.3) is 0 Å². The highest BCUT2D eigenvalue weighted by Gasteiger charge is 2.17. The predicted octanol–water partition coefficient (Wildman–Crippen LogP) is 12.0. The number of para-hydroxylation sites is 1. The van der Waals surface area contributed by atoms with Crippen LogP contribution in [0, 0.1) is 0 Å². The molecule has 7 aromatic carbocycles. The van der Waals surface area contributed by atoms with Crippen molar-refractivity contribution in [2.45, 2.75) is 0 Å². The Morgan fingerprint density at radius 1 is 0.455 bits per heavy atom. The lowest BCUT2D eigenvalue weighted by atomic mass is 9.90. The van der Waals surface area contributed by atoms with Gasteiger partial charge in [0.15, 0.2) is 0 Å². The second kappa shape index (κ2) is 10.0. The molecule has 2 aromatic heterocycles. The number of thiazole rings is 1. The Bertz CT molecular complexity index is 2490. The summed E-state index contributed by atoms with van der Waals surface area (Å²) in [6.45, 7) is 0. The Morgan fingerprint density at radius 2 is 1.09 bits per heavy atom. The minimum atomic E-state index is 0.903. The molecular weight excluding hydrogens is 555 g/mol. The molecule has 0 saturated carbocycles. The lowest BCUT2D eigenvalue weighted by Gasteiger charge is -2.14. The van der Waals surface area contributed by atoms with E-state index in [1.165, 1.54) is 43.3 Å². The van der Waals surface area contributed by atoms with Gasteiger partial charge in [0.2, 0.25) is 0 Å². The SMILES string of the molecule is c1ccc(-c2cc(-c3cccc4oc5ccccc5c34)cc(-c3cccc4ccc5nc(-c6ccccc6)sc5c34)c2)cc1. The summed E-state index contributed by atoms with van der Waals surface area (Å²) in [5.41, 5.74) is 11.1. The lowest BCUT2D eigenvalue weighted by molar-refractivity contribution is 0.669. The summed E-state index contributed by atoms with van der Waals surface area (Å²) in [7, 11) is 0. The third-order valence-corrected chi connectivity index (χ3v) is 9.62. The van der Waals surface area contributed by atoms with Gasteiger partial charge in [-0.2, -0.15) is 0 Å². The standard InChI is InChI=1S/C41H25NOS/c1-3-11-26(12-4-1)29-23-30(25-31(24-29)33-18-10-20-37-39(33)34-16-7-8-19-36(34)43-37)32-17-9-15-27-21-22-35-40(38(27)32)44-41(42-35)28-13-5-2-6-14-28/h1-25H. The van der Waals surface area contributed by atoms with Crippen LogP contribution in [0.1, 0.15) is 0 Å². The Kier molecular flexibility index (Phi) is 5.71. The van der Waals surface area contributed by atoms with Crippen molar-refractivity contribution in [2.24, 2.45) is 0 Å². The maximum Gasteiger partial charge on any atom is 0.136 e. The molecule has 2 nitrogen and oxygen atoms in total. The van der Waals surface area contributed by atoms with E-state index in [4.69, 9.17) is 9.40 Å². The second-order valence-electron chi connectivity index (χ2n) is 11.1. The first-order valence-electron chi connectivity index (χ1n) is 14.8. The van der Waals surface area contributed by atoms with Crippen molar-refractivity contribution in [3.05, 3.63) is 152 Å². The fourth-order valence-electron chi connectivity index (χ4n) is 6.45. The van der Waals surface area contributed by atoms with E-state index in [-0.39, 0.29) is 0 Å². The molecule has 0 atom stereocenters. The number of rotatable bonds is 4. The number of hydrogen-bond acceptors (Lipinski definition) is 3. The van der Waals surface area contributed by atoms with Gasteiger partial charge in [0, 0.05) is 21.7 Å². The average Bonchev–Trinajstić information content (AvgIpc) is 3.71. The zero-order valence-corrected chi connectivity index (χ0v) is 24.5. The zero-order chi connectivity index (χ0) is 29.0. The van der Waals surface area contributed by atoms with Gasteiger partial charge < -0.3 is 4.42 Å². The molecule has 0 aliphatic carbocycles. The first kappa shape index (κ1) is 25.0. The van der Waals surface area contributed by atoms with Crippen molar-refractivity contribution in [3.63, 3.8) is 0 Å². The summed E-state index contributed by atoms with van der Waals surface area (Å²) in [6.07, 6.45) is 0. The van der Waals surface area contributed by atoms with Gasteiger partial charge in [-0.3, -0.25) is 0 Å². The van der Waals surface area contributed by atoms with Crippen LogP contribution in [0.5, 0.6) is 0 Å². The summed E-state index contributed by atoms with van der Waals surface area (Å²) in [5, 5.41) is 5.78. The van der Waals surface area contributed by atoms with Gasteiger partial charge in [-0.15, -0.1) is 11.3 Å². The summed E-state index contributed by atoms with van der Waals surface area (Å²) < 4.78 is 7.50. The van der Waals surface area contributed by atoms with E-state index in [2.05, 4.69) is 140 Å². The molecule has 3 heteroatoms. The predicted molar refractivity (Wildman–Crippen MR) is 186 cm³/mol. The molecule has 0 fully saturated rings. The number of nitrogens with zero attached hydrogens (tertiary/aromatic N) is 1. The maximum absolute atomic E-state index is 6.28. The quantitative estimate of drug-likeness (QED) is 0.207. The fourth-order valence-corrected chi connectivity index (χ4v) is 7.59. The average molecular weight is 580 g/mol. The molecule has 206 valence electrons. The number of hydrogen-bond donors (Lipinski definition) is 0. The molecule has 0 saturated heterocycles. The topological polar surface area (TPSA) is 26.0 Å². The molecule has 0 amide bonds. The maximum atomic E-state index is 6.28. The van der Waals surface area contributed by atoms with Crippen LogP contribution in [0.25, 0.3) is 86.9 Å². The Labute approximate surface area is 258 Å². The number of furan rings is 1. The van der Waals surface area contributed by atoms with Crippen LogP contribution in [-0.4, -0.2) is 4.98 Å². The summed E-state index contributed by atoms with van der Waals surface area (Å²) >= 11 is 1.77. The summed E-state index contributed by atoms with van der Waals surface area (Å²) in [6, 6.07) is 53.8. The molecule has 0 bridgehead atoms. The minimum Gasteiger partial charge on any atom is -0.456 e. The van der Waals surface area contributed by atoms with E-state index in [0.29, 0.717) is 0 Å². The Morgan fingerprint density at radius 3 is 1.89 bits per heavy atom. The van der Waals surface area contributed by atoms with E-state index in [1.54, 1.807) is 11.3 Å². The molecule has 9 aromatic rings. The van der Waals surface area contributed by atoms with Crippen LogP contribution in [0.2, 0.25) is 0 Å². The molecule has 44 heavy (non-hydrogen) atoms. The summed E-state index contributed by atoms with van der Waals surface area (Å²) in [4.78, 5) is 5.06. The van der Waals surface area contributed by atoms with Crippen LogP contribution in [-0.2, 0) is 0 Å².